The standard InChI is InChI=1S/C57H77N5O7/c1-7-56(45(3)4,43-46-15-11-9-12-16-46)54(65)48-19-23-50(24-20-48)61-35-31-59(32-36-61)29-27-52(63)68-41-39-67-40-42-69-53(64)28-30-60-33-37-62(38-34-60)51-25-21-49(22-26-51)55(66)57(8-2,58(5)6)44-47-17-13-10-14-18-47/h9-26,45H,7-8,27-44H2,1-6H3. The van der Waals surface area contributed by atoms with Gasteiger partial charge in [-0.25, -0.2) is 0 Å². The molecule has 0 radical (unpaired) electrons. The molecular formula is C57H77N5O7. The van der Waals surface area contributed by atoms with E-state index < -0.39 is 11.0 Å². The van der Waals surface area contributed by atoms with Crippen LogP contribution in [0.3, 0.4) is 0 Å². The third kappa shape index (κ3) is 14.3. The monoisotopic (exact) mass is 944 g/mol. The van der Waals surface area contributed by atoms with E-state index >= 15 is 0 Å². The molecule has 0 amide bonds. The maximum atomic E-state index is 14.0. The maximum absolute atomic E-state index is 14.0. The van der Waals surface area contributed by atoms with Crippen molar-refractivity contribution >= 4 is 34.9 Å². The molecule has 69 heavy (non-hydrogen) atoms. The first-order valence-electron chi connectivity index (χ1n) is 25.3. The molecule has 0 N–H and O–H groups in total. The fourth-order valence-corrected chi connectivity index (χ4v) is 10.0. The van der Waals surface area contributed by atoms with Crippen molar-refractivity contribution in [3.63, 3.8) is 0 Å². The lowest BCUT2D eigenvalue weighted by Crippen LogP contribution is -2.52. The number of carbonyl (C=O) groups excluding carboxylic acids is 4. The number of piperazine rings is 2. The Morgan fingerprint density at radius 2 is 0.957 bits per heavy atom. The van der Waals surface area contributed by atoms with Crippen LogP contribution in [-0.4, -0.2) is 150 Å². The molecule has 0 saturated carbocycles. The van der Waals surface area contributed by atoms with E-state index in [1.807, 2.05) is 74.8 Å². The summed E-state index contributed by atoms with van der Waals surface area (Å²) in [5.41, 5.74) is 4.94. The first-order chi connectivity index (χ1) is 33.4. The molecule has 4 aromatic carbocycles. The van der Waals surface area contributed by atoms with Crippen LogP contribution < -0.4 is 9.80 Å². The van der Waals surface area contributed by atoms with E-state index in [0.29, 0.717) is 38.8 Å². The third-order valence-corrected chi connectivity index (χ3v) is 14.7. The maximum Gasteiger partial charge on any atom is 0.307 e. The summed E-state index contributed by atoms with van der Waals surface area (Å²) in [6.45, 7) is 17.3. The summed E-state index contributed by atoms with van der Waals surface area (Å²) < 4.78 is 16.4. The number of carbonyl (C=O) groups is 4. The van der Waals surface area contributed by atoms with E-state index in [9.17, 15) is 19.2 Å². The number of hydrogen-bond acceptors (Lipinski definition) is 12. The number of benzene rings is 4. The lowest BCUT2D eigenvalue weighted by Gasteiger charge is -2.38. The Balaban J connectivity index is 0.792. The van der Waals surface area contributed by atoms with E-state index in [-0.39, 0.29) is 55.9 Å². The number of nitrogens with zero attached hydrogens (tertiary/aromatic N) is 5. The van der Waals surface area contributed by atoms with Gasteiger partial charge in [0.15, 0.2) is 11.6 Å². The third-order valence-electron chi connectivity index (χ3n) is 14.7. The molecule has 2 fully saturated rings. The fraction of sp³-hybridized carbons (Fsp3) is 0.509. The molecular weight excluding hydrogens is 867 g/mol. The molecule has 2 saturated heterocycles. The van der Waals surface area contributed by atoms with E-state index in [1.165, 1.54) is 5.56 Å². The zero-order valence-electron chi connectivity index (χ0n) is 42.2. The van der Waals surface area contributed by atoms with E-state index in [2.05, 4.69) is 101 Å². The van der Waals surface area contributed by atoms with Crippen molar-refractivity contribution in [2.24, 2.45) is 11.3 Å². The van der Waals surface area contributed by atoms with Crippen LogP contribution in [0.15, 0.2) is 109 Å². The zero-order valence-corrected chi connectivity index (χ0v) is 42.2. The number of rotatable bonds is 26. The van der Waals surface area contributed by atoms with E-state index in [1.54, 1.807) is 0 Å². The van der Waals surface area contributed by atoms with Gasteiger partial charge in [-0.2, -0.15) is 0 Å². The Labute approximate surface area is 411 Å². The Morgan fingerprint density at radius 3 is 1.35 bits per heavy atom. The first-order valence-corrected chi connectivity index (χ1v) is 25.3. The molecule has 0 bridgehead atoms. The molecule has 12 heteroatoms. The number of hydrogen-bond donors (Lipinski definition) is 0. The molecule has 2 heterocycles. The second-order valence-electron chi connectivity index (χ2n) is 19.2. The topological polar surface area (TPSA) is 112 Å². The van der Waals surface area contributed by atoms with Gasteiger partial charge in [0.1, 0.15) is 13.2 Å². The van der Waals surface area contributed by atoms with Crippen LogP contribution in [0.2, 0.25) is 0 Å². The highest BCUT2D eigenvalue weighted by atomic mass is 16.6. The zero-order chi connectivity index (χ0) is 49.2. The van der Waals surface area contributed by atoms with Crippen molar-refractivity contribution in [3.05, 3.63) is 131 Å². The average Bonchev–Trinajstić information content (AvgIpc) is 3.38. The van der Waals surface area contributed by atoms with Crippen LogP contribution >= 0.6 is 0 Å². The van der Waals surface area contributed by atoms with E-state index in [0.717, 1.165) is 93.3 Å². The molecule has 0 spiro atoms. The Hall–Kier alpha value is -5.40. The summed E-state index contributed by atoms with van der Waals surface area (Å²) in [5, 5.41) is 0. The smallest absolute Gasteiger partial charge is 0.307 e. The number of anilines is 2. The number of Topliss-reactive ketones (excluding diaryl/α,β-unsaturated/α-hetero) is 2. The van der Waals surface area contributed by atoms with Gasteiger partial charge in [-0.15, -0.1) is 0 Å². The van der Waals surface area contributed by atoms with Gasteiger partial charge in [0.2, 0.25) is 0 Å². The summed E-state index contributed by atoms with van der Waals surface area (Å²) in [5.74, 6) is 0.0377. The largest absolute Gasteiger partial charge is 0.463 e. The lowest BCUT2D eigenvalue weighted by atomic mass is 9.66. The molecule has 2 atom stereocenters. The Kier molecular flexibility index (Phi) is 19.9. The van der Waals surface area contributed by atoms with Crippen molar-refractivity contribution in [3.8, 4) is 0 Å². The van der Waals surface area contributed by atoms with Crippen LogP contribution in [-0.2, 0) is 36.6 Å². The van der Waals surface area contributed by atoms with Crippen LogP contribution in [0.4, 0.5) is 11.4 Å². The Bertz CT molecular complexity index is 2050. The summed E-state index contributed by atoms with van der Waals surface area (Å²) in [6.07, 6.45) is 3.49. The normalized spacial score (nSPS) is 16.5. The highest BCUT2D eigenvalue weighted by Gasteiger charge is 2.41. The summed E-state index contributed by atoms with van der Waals surface area (Å²) in [7, 11) is 3.98. The predicted octanol–water partition coefficient (Wildman–Crippen LogP) is 8.13. The molecule has 4 aromatic rings. The van der Waals surface area contributed by atoms with Gasteiger partial charge in [0.05, 0.1) is 31.6 Å². The van der Waals surface area contributed by atoms with Crippen LogP contribution in [0.1, 0.15) is 85.2 Å². The highest BCUT2D eigenvalue weighted by molar-refractivity contribution is 6.04. The second-order valence-corrected chi connectivity index (χ2v) is 19.2. The molecule has 372 valence electrons. The Morgan fingerprint density at radius 1 is 0.536 bits per heavy atom. The van der Waals surface area contributed by atoms with Gasteiger partial charge in [-0.1, -0.05) is 88.4 Å². The molecule has 12 nitrogen and oxygen atoms in total. The van der Waals surface area contributed by atoms with Crippen molar-refractivity contribution < 1.29 is 33.4 Å². The highest BCUT2D eigenvalue weighted by Crippen LogP contribution is 2.39. The van der Waals surface area contributed by atoms with Crippen molar-refractivity contribution in [2.75, 3.05) is 116 Å². The molecule has 2 aliphatic heterocycles. The van der Waals surface area contributed by atoms with Gasteiger partial charge in [-0.05, 0) is 105 Å². The fourth-order valence-electron chi connectivity index (χ4n) is 10.0. The molecule has 2 unspecified atom stereocenters. The molecule has 2 aliphatic rings. The van der Waals surface area contributed by atoms with Crippen LogP contribution in [0.25, 0.3) is 0 Å². The lowest BCUT2D eigenvalue weighted by molar-refractivity contribution is -0.147. The summed E-state index contributed by atoms with van der Waals surface area (Å²) in [4.78, 5) is 64.2. The van der Waals surface area contributed by atoms with Gasteiger partial charge >= 0.3 is 11.9 Å². The number of likely N-dealkylation sites (N-methyl/N-ethyl adjacent to an activating group) is 1. The minimum absolute atomic E-state index is 0.138. The minimum atomic E-state index is -0.622. The first kappa shape index (κ1) is 53.0. The summed E-state index contributed by atoms with van der Waals surface area (Å²) >= 11 is 0. The quantitative estimate of drug-likeness (QED) is 0.0345. The molecule has 6 rings (SSSR count). The van der Waals surface area contributed by atoms with Gasteiger partial charge in [0, 0.05) is 93.4 Å². The van der Waals surface area contributed by atoms with Crippen LogP contribution in [0, 0.1) is 11.3 Å². The second kappa shape index (κ2) is 26.0. The minimum Gasteiger partial charge on any atom is -0.463 e. The SMILES string of the molecule is CCC(Cc1ccccc1)(C(=O)c1ccc(N2CCN(CCC(=O)OCCOCCOC(=O)CCN3CCN(c4ccc(C(=O)C(CC)(Cc5ccccc5)N(C)C)cc4)CC3)CC2)cc1)C(C)C. The van der Waals surface area contributed by atoms with Crippen molar-refractivity contribution in [1.82, 2.24) is 14.7 Å². The van der Waals surface area contributed by atoms with Crippen molar-refractivity contribution in [1.29, 1.82) is 0 Å². The molecule has 0 aliphatic carbocycles. The van der Waals surface area contributed by atoms with Gasteiger partial charge < -0.3 is 24.0 Å². The number of ether oxygens (including phenoxy) is 3. The van der Waals surface area contributed by atoms with Crippen LogP contribution in [0.5, 0.6) is 0 Å². The average molecular weight is 944 g/mol. The summed E-state index contributed by atoms with van der Waals surface area (Å²) in [6, 6.07) is 36.7. The number of esters is 2. The number of ketones is 2. The van der Waals surface area contributed by atoms with Crippen molar-refractivity contribution in [2.45, 2.75) is 71.8 Å². The van der Waals surface area contributed by atoms with Gasteiger partial charge in [-0.3, -0.25) is 33.9 Å². The predicted molar refractivity (Wildman–Crippen MR) is 275 cm³/mol. The van der Waals surface area contributed by atoms with E-state index in [4.69, 9.17) is 14.2 Å². The van der Waals surface area contributed by atoms with Gasteiger partial charge in [0.25, 0.3) is 0 Å². The molecule has 0 aromatic heterocycles.